The molecule has 3 rings (SSSR count). The van der Waals surface area contributed by atoms with E-state index in [4.69, 9.17) is 0 Å². The Kier molecular flexibility index (Phi) is 3.41. The molecule has 22 heavy (non-hydrogen) atoms. The quantitative estimate of drug-likeness (QED) is 0.896. The average Bonchev–Trinajstić information content (AvgIpc) is 2.89. The van der Waals surface area contributed by atoms with Crippen LogP contribution >= 0.6 is 0 Å². The molecule has 0 saturated carbocycles. The zero-order valence-corrected chi connectivity index (χ0v) is 12.7. The fraction of sp³-hybridized carbons (Fsp3) is 0.278. The summed E-state index contributed by atoms with van der Waals surface area (Å²) in [6, 6.07) is 12.6. The molecule has 0 fully saturated rings. The van der Waals surface area contributed by atoms with Crippen LogP contribution in [0, 0.1) is 0 Å². The van der Waals surface area contributed by atoms with E-state index < -0.39 is 5.60 Å². The highest BCUT2D eigenvalue weighted by Crippen LogP contribution is 2.31. The highest BCUT2D eigenvalue weighted by molar-refractivity contribution is 5.95. The van der Waals surface area contributed by atoms with Crippen molar-refractivity contribution in [1.82, 2.24) is 4.90 Å². The second-order valence-electron chi connectivity index (χ2n) is 6.22. The summed E-state index contributed by atoms with van der Waals surface area (Å²) in [6.45, 7) is 4.35. The van der Waals surface area contributed by atoms with Gasteiger partial charge >= 0.3 is 0 Å². The minimum Gasteiger partial charge on any atom is -0.508 e. The minimum absolute atomic E-state index is 0.00578. The van der Waals surface area contributed by atoms with Gasteiger partial charge in [-0.2, -0.15) is 0 Å². The van der Waals surface area contributed by atoms with Gasteiger partial charge < -0.3 is 15.1 Å². The van der Waals surface area contributed by atoms with Crippen LogP contribution in [0.3, 0.4) is 0 Å². The van der Waals surface area contributed by atoms with Crippen molar-refractivity contribution in [2.75, 3.05) is 0 Å². The summed E-state index contributed by atoms with van der Waals surface area (Å²) < 4.78 is 0. The number of phenols is 1. The van der Waals surface area contributed by atoms with Gasteiger partial charge in [0, 0.05) is 24.2 Å². The first-order valence-corrected chi connectivity index (χ1v) is 7.28. The monoisotopic (exact) mass is 297 g/mol. The van der Waals surface area contributed by atoms with Crippen molar-refractivity contribution in [3.8, 4) is 5.75 Å². The number of benzene rings is 2. The van der Waals surface area contributed by atoms with Crippen LogP contribution in [0.4, 0.5) is 0 Å². The standard InChI is InChI=1S/C18H19NO3/c1-18(2,22)15-9-12(7-8-16(15)20)17(21)19-10-13-5-3-4-6-14(13)11-19/h3-9,20,22H,10-11H2,1-2H3. The molecule has 1 amide bonds. The first-order chi connectivity index (χ1) is 10.4. The molecule has 1 heterocycles. The predicted molar refractivity (Wildman–Crippen MR) is 83.4 cm³/mol. The number of carbonyl (C=O) groups excluding carboxylic acids is 1. The zero-order valence-electron chi connectivity index (χ0n) is 12.7. The molecule has 0 saturated heterocycles. The maximum absolute atomic E-state index is 12.7. The van der Waals surface area contributed by atoms with Crippen LogP contribution in [0.2, 0.25) is 0 Å². The number of nitrogens with zero attached hydrogens (tertiary/aromatic N) is 1. The summed E-state index contributed by atoms with van der Waals surface area (Å²) in [5.41, 5.74) is 1.96. The van der Waals surface area contributed by atoms with Gasteiger partial charge in [-0.1, -0.05) is 24.3 Å². The molecule has 0 unspecified atom stereocenters. The Morgan fingerprint density at radius 1 is 1.09 bits per heavy atom. The maximum atomic E-state index is 12.7. The molecular formula is C18H19NO3. The molecule has 0 spiro atoms. The van der Waals surface area contributed by atoms with Crippen LogP contribution in [0.25, 0.3) is 0 Å². The smallest absolute Gasteiger partial charge is 0.254 e. The number of aliphatic hydroxyl groups is 1. The molecule has 0 aromatic heterocycles. The van der Waals surface area contributed by atoms with Gasteiger partial charge in [-0.05, 0) is 43.2 Å². The van der Waals surface area contributed by atoms with Crippen LogP contribution < -0.4 is 0 Å². The summed E-state index contributed by atoms with van der Waals surface area (Å²) in [7, 11) is 0. The Morgan fingerprint density at radius 2 is 1.68 bits per heavy atom. The van der Waals surface area contributed by atoms with Crippen molar-refractivity contribution in [3.05, 3.63) is 64.7 Å². The first-order valence-electron chi connectivity index (χ1n) is 7.28. The molecule has 4 nitrogen and oxygen atoms in total. The van der Waals surface area contributed by atoms with Crippen LogP contribution in [0.5, 0.6) is 5.75 Å². The van der Waals surface area contributed by atoms with Crippen molar-refractivity contribution in [1.29, 1.82) is 0 Å². The van der Waals surface area contributed by atoms with E-state index in [2.05, 4.69) is 0 Å². The molecular weight excluding hydrogens is 278 g/mol. The fourth-order valence-corrected chi connectivity index (χ4v) is 2.82. The second kappa shape index (κ2) is 5.14. The van der Waals surface area contributed by atoms with Gasteiger partial charge in [0.2, 0.25) is 0 Å². The van der Waals surface area contributed by atoms with E-state index in [9.17, 15) is 15.0 Å². The highest BCUT2D eigenvalue weighted by Gasteiger charge is 2.26. The van der Waals surface area contributed by atoms with Gasteiger partial charge in [-0.25, -0.2) is 0 Å². The lowest BCUT2D eigenvalue weighted by Crippen LogP contribution is -2.26. The summed E-state index contributed by atoms with van der Waals surface area (Å²) in [6.07, 6.45) is 0. The number of aromatic hydroxyl groups is 1. The molecule has 1 aliphatic heterocycles. The SMILES string of the molecule is CC(C)(O)c1cc(C(=O)N2Cc3ccccc3C2)ccc1O. The van der Waals surface area contributed by atoms with Crippen molar-refractivity contribution < 1.29 is 15.0 Å². The Bertz CT molecular complexity index is 706. The molecule has 2 N–H and O–H groups in total. The van der Waals surface area contributed by atoms with Crippen LogP contribution in [0.1, 0.15) is 40.9 Å². The topological polar surface area (TPSA) is 60.8 Å². The number of carbonyl (C=O) groups is 1. The Labute approximate surface area is 129 Å². The van der Waals surface area contributed by atoms with Crippen molar-refractivity contribution in [2.45, 2.75) is 32.5 Å². The van der Waals surface area contributed by atoms with Gasteiger partial charge in [-0.15, -0.1) is 0 Å². The molecule has 114 valence electrons. The third-order valence-electron chi connectivity index (χ3n) is 4.03. The summed E-state index contributed by atoms with van der Waals surface area (Å²) in [5, 5.41) is 20.0. The fourth-order valence-electron chi connectivity index (χ4n) is 2.82. The summed E-state index contributed by atoms with van der Waals surface area (Å²) in [4.78, 5) is 14.4. The molecule has 0 radical (unpaired) electrons. The van der Waals surface area contributed by atoms with Gasteiger partial charge in [0.25, 0.3) is 5.91 Å². The maximum Gasteiger partial charge on any atom is 0.254 e. The van der Waals surface area contributed by atoms with Gasteiger partial charge in [0.1, 0.15) is 5.75 Å². The lowest BCUT2D eigenvalue weighted by molar-refractivity contribution is 0.0734. The molecule has 2 aromatic rings. The lowest BCUT2D eigenvalue weighted by atomic mass is 9.95. The summed E-state index contributed by atoms with van der Waals surface area (Å²) in [5.74, 6) is -0.101. The number of hydrogen-bond donors (Lipinski definition) is 2. The normalized spacial score (nSPS) is 14.0. The average molecular weight is 297 g/mol. The molecule has 2 aromatic carbocycles. The van der Waals surface area contributed by atoms with E-state index >= 15 is 0 Å². The van der Waals surface area contributed by atoms with Gasteiger partial charge in [0.05, 0.1) is 5.60 Å². The van der Waals surface area contributed by atoms with E-state index in [1.54, 1.807) is 30.9 Å². The summed E-state index contributed by atoms with van der Waals surface area (Å²) >= 11 is 0. The van der Waals surface area contributed by atoms with Crippen LogP contribution in [-0.4, -0.2) is 21.0 Å². The number of hydrogen-bond acceptors (Lipinski definition) is 3. The second-order valence-corrected chi connectivity index (χ2v) is 6.22. The predicted octanol–water partition coefficient (Wildman–Crippen LogP) is 2.78. The van der Waals surface area contributed by atoms with Crippen LogP contribution in [0.15, 0.2) is 42.5 Å². The Morgan fingerprint density at radius 3 is 2.23 bits per heavy atom. The van der Waals surface area contributed by atoms with Crippen molar-refractivity contribution >= 4 is 5.91 Å². The molecule has 0 bridgehead atoms. The zero-order chi connectivity index (χ0) is 15.9. The Hall–Kier alpha value is -2.33. The van der Waals surface area contributed by atoms with Crippen molar-refractivity contribution in [3.63, 3.8) is 0 Å². The van der Waals surface area contributed by atoms with Crippen molar-refractivity contribution in [2.24, 2.45) is 0 Å². The molecule has 1 aliphatic rings. The Balaban J connectivity index is 1.88. The highest BCUT2D eigenvalue weighted by atomic mass is 16.3. The third kappa shape index (κ3) is 2.57. The van der Waals surface area contributed by atoms with E-state index in [1.165, 1.54) is 6.07 Å². The molecule has 4 heteroatoms. The van der Waals surface area contributed by atoms with Crippen LogP contribution in [-0.2, 0) is 18.7 Å². The largest absolute Gasteiger partial charge is 0.508 e. The van der Waals surface area contributed by atoms with E-state index in [0.29, 0.717) is 24.2 Å². The third-order valence-corrected chi connectivity index (χ3v) is 4.03. The number of rotatable bonds is 2. The molecule has 0 atom stereocenters. The molecule has 0 aliphatic carbocycles. The van der Waals surface area contributed by atoms with Gasteiger partial charge in [-0.3, -0.25) is 4.79 Å². The minimum atomic E-state index is -1.20. The number of fused-ring (bicyclic) bond motifs is 1. The lowest BCUT2D eigenvalue weighted by Gasteiger charge is -2.21. The number of phenolic OH excluding ortho intramolecular Hbond substituents is 1. The van der Waals surface area contributed by atoms with Gasteiger partial charge in [0.15, 0.2) is 0 Å². The first kappa shape index (κ1) is 14.6. The van der Waals surface area contributed by atoms with E-state index in [-0.39, 0.29) is 11.7 Å². The van der Waals surface area contributed by atoms with E-state index in [1.807, 2.05) is 24.3 Å². The van der Waals surface area contributed by atoms with E-state index in [0.717, 1.165) is 11.1 Å². The number of amides is 1.